The Balaban J connectivity index is 2.51. The summed E-state index contributed by atoms with van der Waals surface area (Å²) in [5, 5.41) is 6.47. The van der Waals surface area contributed by atoms with Crippen LogP contribution in [0.3, 0.4) is 0 Å². The fourth-order valence-electron chi connectivity index (χ4n) is 1.60. The van der Waals surface area contributed by atoms with E-state index in [0.717, 1.165) is 22.6 Å². The topological polar surface area (TPSA) is 39.4 Å². The molecule has 0 aliphatic heterocycles. The fourth-order valence-corrected chi connectivity index (χ4v) is 1.71. The Bertz CT molecular complexity index is 585. The number of nitrogens with zero attached hydrogens (tertiary/aromatic N) is 3. The Hall–Kier alpha value is -1.97. The number of rotatable bonds is 3. The summed E-state index contributed by atoms with van der Waals surface area (Å²) in [7, 11) is 3.50. The van der Waals surface area contributed by atoms with Crippen molar-refractivity contribution in [1.82, 2.24) is 9.78 Å². The molecule has 0 amide bonds. The van der Waals surface area contributed by atoms with E-state index in [0.29, 0.717) is 0 Å². The summed E-state index contributed by atoms with van der Waals surface area (Å²) in [5.74, 6) is 0.740. The minimum atomic E-state index is 0.726. The number of aryl methyl sites for hydroxylation is 1. The van der Waals surface area contributed by atoms with Gasteiger partial charge in [0.1, 0.15) is 5.75 Å². The minimum Gasteiger partial charge on any atom is -0.496 e. The first-order chi connectivity index (χ1) is 8.24. The quantitative estimate of drug-likeness (QED) is 0.616. The number of aromatic nitrogens is 2. The second-order valence-corrected chi connectivity index (χ2v) is 3.67. The molecule has 0 aliphatic rings. The van der Waals surface area contributed by atoms with E-state index in [2.05, 4.69) is 27.5 Å². The molecule has 0 N–H and O–H groups in total. The molecule has 0 bridgehead atoms. The molecule has 4 nitrogen and oxygen atoms in total. The van der Waals surface area contributed by atoms with Gasteiger partial charge in [0.25, 0.3) is 0 Å². The van der Waals surface area contributed by atoms with Crippen LogP contribution in [0.25, 0.3) is 11.1 Å². The van der Waals surface area contributed by atoms with Crippen LogP contribution in [0.1, 0.15) is 0 Å². The largest absolute Gasteiger partial charge is 0.496 e. The van der Waals surface area contributed by atoms with Gasteiger partial charge in [0.2, 0.25) is 0 Å². The summed E-state index contributed by atoms with van der Waals surface area (Å²) < 4.78 is 7.09. The summed E-state index contributed by atoms with van der Waals surface area (Å²) >= 11 is 4.57. The van der Waals surface area contributed by atoms with Gasteiger partial charge in [-0.1, -0.05) is 0 Å². The molecule has 86 valence electrons. The lowest BCUT2D eigenvalue weighted by Gasteiger charge is -2.06. The smallest absolute Gasteiger partial charge is 0.128 e. The predicted octanol–water partition coefficient (Wildman–Crippen LogP) is 2.83. The molecule has 17 heavy (non-hydrogen) atoms. The highest BCUT2D eigenvalue weighted by atomic mass is 32.1. The van der Waals surface area contributed by atoms with Gasteiger partial charge in [0.15, 0.2) is 0 Å². The Labute approximate surface area is 105 Å². The molecule has 0 aliphatic carbocycles. The van der Waals surface area contributed by atoms with Crippen molar-refractivity contribution in [1.29, 1.82) is 0 Å². The highest BCUT2D eigenvalue weighted by Crippen LogP contribution is 2.32. The molecule has 1 aromatic carbocycles. The SMILES string of the molecule is COc1cc(N=C=S)ccc1-c1cnn(C)c1. The number of thiocarbonyl (C=S) groups is 1. The maximum atomic E-state index is 5.34. The molecule has 0 spiro atoms. The van der Waals surface area contributed by atoms with E-state index in [-0.39, 0.29) is 0 Å². The Kier molecular flexibility index (Phi) is 3.32. The highest BCUT2D eigenvalue weighted by Gasteiger charge is 2.08. The summed E-state index contributed by atoms with van der Waals surface area (Å²) in [6, 6.07) is 5.62. The number of hydrogen-bond donors (Lipinski definition) is 0. The van der Waals surface area contributed by atoms with E-state index in [1.165, 1.54) is 0 Å². The van der Waals surface area contributed by atoms with Crippen LogP contribution in [0.4, 0.5) is 5.69 Å². The summed E-state index contributed by atoms with van der Waals surface area (Å²) in [6.45, 7) is 0. The van der Waals surface area contributed by atoms with Gasteiger partial charge >= 0.3 is 0 Å². The van der Waals surface area contributed by atoms with Gasteiger partial charge in [-0.05, 0) is 24.4 Å². The molecule has 5 heteroatoms. The van der Waals surface area contributed by atoms with E-state index >= 15 is 0 Å². The van der Waals surface area contributed by atoms with Crippen molar-refractivity contribution in [2.75, 3.05) is 7.11 Å². The second-order valence-electron chi connectivity index (χ2n) is 3.49. The van der Waals surface area contributed by atoms with Crippen molar-refractivity contribution in [3.05, 3.63) is 30.6 Å². The Morgan fingerprint density at radius 3 is 2.88 bits per heavy atom. The maximum Gasteiger partial charge on any atom is 0.128 e. The lowest BCUT2D eigenvalue weighted by atomic mass is 10.1. The first kappa shape index (κ1) is 11.5. The average molecular weight is 245 g/mol. The van der Waals surface area contributed by atoms with Gasteiger partial charge in [0, 0.05) is 30.4 Å². The summed E-state index contributed by atoms with van der Waals surface area (Å²) in [4.78, 5) is 3.92. The molecule has 1 aromatic heterocycles. The van der Waals surface area contributed by atoms with E-state index < -0.39 is 0 Å². The molecule has 0 fully saturated rings. The second kappa shape index (κ2) is 4.91. The predicted molar refractivity (Wildman–Crippen MR) is 69.9 cm³/mol. The number of hydrogen-bond acceptors (Lipinski definition) is 4. The maximum absolute atomic E-state index is 5.34. The van der Waals surface area contributed by atoms with Gasteiger partial charge < -0.3 is 4.74 Å². The van der Waals surface area contributed by atoms with Crippen molar-refractivity contribution in [2.24, 2.45) is 12.0 Å². The highest BCUT2D eigenvalue weighted by molar-refractivity contribution is 7.78. The number of ether oxygens (including phenoxy) is 1. The van der Waals surface area contributed by atoms with Gasteiger partial charge in [-0.25, -0.2) is 0 Å². The number of aliphatic imine (C=N–C) groups is 1. The lowest BCUT2D eigenvalue weighted by molar-refractivity contribution is 0.416. The van der Waals surface area contributed by atoms with Crippen LogP contribution >= 0.6 is 12.2 Å². The standard InChI is InChI=1S/C12H11N3OS/c1-15-7-9(6-14-15)11-4-3-10(13-8-17)5-12(11)16-2/h3-7H,1-2H3. The molecule has 2 aromatic rings. The van der Waals surface area contributed by atoms with Crippen LogP contribution in [-0.2, 0) is 7.05 Å². The van der Waals surface area contributed by atoms with Gasteiger partial charge in [-0.3, -0.25) is 4.68 Å². The monoisotopic (exact) mass is 245 g/mol. The van der Waals surface area contributed by atoms with Crippen molar-refractivity contribution in [2.45, 2.75) is 0 Å². The molecule has 1 heterocycles. The van der Waals surface area contributed by atoms with Crippen molar-refractivity contribution in [3.63, 3.8) is 0 Å². The van der Waals surface area contributed by atoms with E-state index in [1.807, 2.05) is 31.4 Å². The van der Waals surface area contributed by atoms with Crippen molar-refractivity contribution >= 4 is 23.1 Å². The zero-order valence-corrected chi connectivity index (χ0v) is 10.4. The van der Waals surface area contributed by atoms with Gasteiger partial charge in [0.05, 0.1) is 24.2 Å². The molecule has 0 atom stereocenters. The van der Waals surface area contributed by atoms with E-state index in [9.17, 15) is 0 Å². The van der Waals surface area contributed by atoms with Crippen LogP contribution in [0.2, 0.25) is 0 Å². The molecule has 2 rings (SSSR count). The van der Waals surface area contributed by atoms with E-state index in [4.69, 9.17) is 4.74 Å². The Morgan fingerprint density at radius 1 is 1.47 bits per heavy atom. The number of isothiocyanates is 1. The van der Waals surface area contributed by atoms with Gasteiger partial charge in [-0.15, -0.1) is 0 Å². The summed E-state index contributed by atoms with van der Waals surface area (Å²) in [6.07, 6.45) is 3.72. The molecule has 0 radical (unpaired) electrons. The zero-order chi connectivity index (χ0) is 12.3. The van der Waals surface area contributed by atoms with Crippen LogP contribution < -0.4 is 4.74 Å². The number of benzene rings is 1. The Morgan fingerprint density at radius 2 is 2.29 bits per heavy atom. The molecule has 0 saturated carbocycles. The summed E-state index contributed by atoms with van der Waals surface area (Å²) in [5.41, 5.74) is 2.70. The third kappa shape index (κ3) is 2.41. The minimum absolute atomic E-state index is 0.726. The normalized spacial score (nSPS) is 9.76. The van der Waals surface area contributed by atoms with Crippen molar-refractivity contribution in [3.8, 4) is 16.9 Å². The van der Waals surface area contributed by atoms with Crippen LogP contribution in [0, 0.1) is 0 Å². The van der Waals surface area contributed by atoms with Gasteiger partial charge in [-0.2, -0.15) is 10.1 Å². The lowest BCUT2D eigenvalue weighted by Crippen LogP contribution is -1.87. The average Bonchev–Trinajstić information content (AvgIpc) is 2.76. The van der Waals surface area contributed by atoms with Crippen LogP contribution in [-0.4, -0.2) is 22.1 Å². The third-order valence-electron chi connectivity index (χ3n) is 2.38. The number of methoxy groups -OCH3 is 1. The molecule has 0 unspecified atom stereocenters. The fraction of sp³-hybridized carbons (Fsp3) is 0.167. The molecule has 0 saturated heterocycles. The molecular weight excluding hydrogens is 234 g/mol. The molecular formula is C12H11N3OS. The van der Waals surface area contributed by atoms with Crippen molar-refractivity contribution < 1.29 is 4.74 Å². The van der Waals surface area contributed by atoms with E-state index in [1.54, 1.807) is 18.0 Å². The third-order valence-corrected chi connectivity index (χ3v) is 2.47. The zero-order valence-electron chi connectivity index (χ0n) is 9.54. The van der Waals surface area contributed by atoms with Crippen LogP contribution in [0.5, 0.6) is 5.75 Å². The first-order valence-electron chi connectivity index (χ1n) is 4.99. The van der Waals surface area contributed by atoms with Crippen LogP contribution in [0.15, 0.2) is 35.6 Å². The first-order valence-corrected chi connectivity index (χ1v) is 5.40.